The first-order valence-electron chi connectivity index (χ1n) is 3.28. The first-order chi connectivity index (χ1) is 5.54. The van der Waals surface area contributed by atoms with Gasteiger partial charge in [0.15, 0.2) is 11.6 Å². The van der Waals surface area contributed by atoms with Gasteiger partial charge in [0.25, 0.3) is 0 Å². The van der Waals surface area contributed by atoms with Crippen LogP contribution in [-0.4, -0.2) is 5.78 Å². The zero-order valence-corrected chi connectivity index (χ0v) is 8.38. The second-order valence-corrected chi connectivity index (χ2v) is 2.79. The number of halogens is 3. The van der Waals surface area contributed by atoms with Crippen LogP contribution in [0.15, 0.2) is 12.1 Å². The molecule has 0 unspecified atom stereocenters. The lowest BCUT2D eigenvalue weighted by Crippen LogP contribution is -2.03. The summed E-state index contributed by atoms with van der Waals surface area (Å²) in [6.45, 7) is 1.24. The Labute approximate surface area is 86.3 Å². The van der Waals surface area contributed by atoms with E-state index in [-0.39, 0.29) is 28.7 Å². The highest BCUT2D eigenvalue weighted by atomic mass is 35.5. The lowest BCUT2D eigenvalue weighted by molar-refractivity contribution is 0.101. The molecule has 0 heterocycles. The van der Waals surface area contributed by atoms with E-state index in [0.29, 0.717) is 0 Å². The molecule has 0 amide bonds. The maximum atomic E-state index is 13.1. The van der Waals surface area contributed by atoms with Gasteiger partial charge in [0.1, 0.15) is 0 Å². The molecular formula is C8H8Cl2FNO. The number of carbonyl (C=O) groups excluding carboxylic acids is 1. The Hall–Kier alpha value is -0.800. The van der Waals surface area contributed by atoms with Gasteiger partial charge in [-0.15, -0.1) is 12.4 Å². The minimum Gasteiger partial charge on any atom is -0.398 e. The lowest BCUT2D eigenvalue weighted by atomic mass is 10.1. The molecule has 2 nitrogen and oxygen atoms in total. The van der Waals surface area contributed by atoms with Gasteiger partial charge in [0.2, 0.25) is 0 Å². The number of nitrogens with two attached hydrogens (primary N) is 1. The summed E-state index contributed by atoms with van der Waals surface area (Å²) in [5, 5.41) is -0.0885. The summed E-state index contributed by atoms with van der Waals surface area (Å²) in [7, 11) is 0. The molecule has 0 saturated heterocycles. The van der Waals surface area contributed by atoms with Gasteiger partial charge < -0.3 is 5.73 Å². The van der Waals surface area contributed by atoms with Crippen molar-refractivity contribution < 1.29 is 9.18 Å². The summed E-state index contributed by atoms with van der Waals surface area (Å²) in [5.74, 6) is -1.17. The summed E-state index contributed by atoms with van der Waals surface area (Å²) >= 11 is 5.45. The van der Waals surface area contributed by atoms with E-state index >= 15 is 0 Å². The molecule has 2 N–H and O–H groups in total. The number of rotatable bonds is 1. The van der Waals surface area contributed by atoms with Crippen molar-refractivity contribution in [3.8, 4) is 0 Å². The van der Waals surface area contributed by atoms with E-state index in [0.717, 1.165) is 0 Å². The van der Waals surface area contributed by atoms with E-state index < -0.39 is 11.6 Å². The highest BCUT2D eigenvalue weighted by Crippen LogP contribution is 2.23. The summed E-state index contributed by atoms with van der Waals surface area (Å²) in [6, 6.07) is 2.72. The van der Waals surface area contributed by atoms with Crippen LogP contribution in [0, 0.1) is 5.82 Å². The Morgan fingerprint density at radius 1 is 1.54 bits per heavy atom. The van der Waals surface area contributed by atoms with Crippen LogP contribution in [0.2, 0.25) is 5.02 Å². The van der Waals surface area contributed by atoms with Crippen LogP contribution in [0.3, 0.4) is 0 Å². The van der Waals surface area contributed by atoms with Crippen molar-refractivity contribution in [2.75, 3.05) is 5.73 Å². The van der Waals surface area contributed by atoms with Gasteiger partial charge in [-0.25, -0.2) is 4.39 Å². The molecule has 5 heteroatoms. The lowest BCUT2D eigenvalue weighted by Gasteiger charge is -2.03. The molecule has 0 aromatic heterocycles. The number of benzene rings is 1. The fourth-order valence-electron chi connectivity index (χ4n) is 0.923. The van der Waals surface area contributed by atoms with Gasteiger partial charge in [-0.05, 0) is 19.1 Å². The van der Waals surface area contributed by atoms with E-state index in [4.69, 9.17) is 17.3 Å². The number of nitrogen functional groups attached to an aromatic ring is 1. The van der Waals surface area contributed by atoms with Crippen molar-refractivity contribution in [1.29, 1.82) is 0 Å². The number of carbonyl (C=O) groups is 1. The van der Waals surface area contributed by atoms with Crippen molar-refractivity contribution in [3.05, 3.63) is 28.5 Å². The molecule has 0 aliphatic heterocycles. The molecule has 0 aliphatic rings. The van der Waals surface area contributed by atoms with Gasteiger partial charge in [-0.3, -0.25) is 4.79 Å². The van der Waals surface area contributed by atoms with E-state index in [1.807, 2.05) is 0 Å². The normalized spacial score (nSPS) is 9.15. The largest absolute Gasteiger partial charge is 0.398 e. The molecule has 0 spiro atoms. The Morgan fingerprint density at radius 2 is 2.08 bits per heavy atom. The van der Waals surface area contributed by atoms with E-state index in [2.05, 4.69) is 0 Å². The molecule has 0 fully saturated rings. The maximum Gasteiger partial charge on any atom is 0.164 e. The SMILES string of the molecule is CC(=O)c1c(N)ccc(Cl)c1F.Cl. The van der Waals surface area contributed by atoms with Crippen LogP contribution in [0.4, 0.5) is 10.1 Å². The fourth-order valence-corrected chi connectivity index (χ4v) is 1.08. The second kappa shape index (κ2) is 4.44. The zero-order valence-electron chi connectivity index (χ0n) is 6.80. The molecule has 0 atom stereocenters. The summed E-state index contributed by atoms with van der Waals surface area (Å²) in [4.78, 5) is 10.9. The van der Waals surface area contributed by atoms with Crippen molar-refractivity contribution in [3.63, 3.8) is 0 Å². The van der Waals surface area contributed by atoms with Crippen LogP contribution >= 0.6 is 24.0 Å². The highest BCUT2D eigenvalue weighted by molar-refractivity contribution is 6.31. The third-order valence-electron chi connectivity index (χ3n) is 1.48. The molecule has 13 heavy (non-hydrogen) atoms. The van der Waals surface area contributed by atoms with Gasteiger partial charge in [0, 0.05) is 5.69 Å². The van der Waals surface area contributed by atoms with Crippen LogP contribution < -0.4 is 5.73 Å². The topological polar surface area (TPSA) is 43.1 Å². The predicted molar refractivity (Wildman–Crippen MR) is 53.1 cm³/mol. The Morgan fingerprint density at radius 3 is 2.46 bits per heavy atom. The van der Waals surface area contributed by atoms with Gasteiger partial charge in [0.05, 0.1) is 10.6 Å². The second-order valence-electron chi connectivity index (χ2n) is 2.38. The Balaban J connectivity index is 0.00000144. The highest BCUT2D eigenvalue weighted by Gasteiger charge is 2.13. The minimum atomic E-state index is -0.746. The minimum absolute atomic E-state index is 0. The van der Waals surface area contributed by atoms with E-state index in [9.17, 15) is 9.18 Å². The average molecular weight is 224 g/mol. The smallest absolute Gasteiger partial charge is 0.164 e. The third kappa shape index (κ3) is 2.32. The Kier molecular flexibility index (Phi) is 4.17. The number of ketones is 1. The number of anilines is 1. The standard InChI is InChI=1S/C8H7ClFNO.ClH/c1-4(12)7-6(11)3-2-5(9)8(7)10;/h2-3H,11H2,1H3;1H. The quantitative estimate of drug-likeness (QED) is 0.588. The summed E-state index contributed by atoms with van der Waals surface area (Å²) in [5.41, 5.74) is 5.35. The monoisotopic (exact) mass is 223 g/mol. The predicted octanol–water partition coefficient (Wildman–Crippen LogP) is 2.69. The third-order valence-corrected chi connectivity index (χ3v) is 1.77. The van der Waals surface area contributed by atoms with Gasteiger partial charge >= 0.3 is 0 Å². The molecule has 72 valence electrons. The number of hydrogen-bond acceptors (Lipinski definition) is 2. The van der Waals surface area contributed by atoms with Gasteiger partial charge in [-0.1, -0.05) is 11.6 Å². The first-order valence-corrected chi connectivity index (χ1v) is 3.66. The van der Waals surface area contributed by atoms with Crippen molar-refractivity contribution in [2.45, 2.75) is 6.92 Å². The van der Waals surface area contributed by atoms with Crippen molar-refractivity contribution >= 4 is 35.5 Å². The van der Waals surface area contributed by atoms with Crippen LogP contribution in [0.1, 0.15) is 17.3 Å². The number of Topliss-reactive ketones (excluding diaryl/α,β-unsaturated/α-hetero) is 1. The van der Waals surface area contributed by atoms with Gasteiger partial charge in [-0.2, -0.15) is 0 Å². The first kappa shape index (κ1) is 12.2. The molecule has 1 rings (SSSR count). The Bertz CT molecular complexity index is 341. The van der Waals surface area contributed by atoms with Crippen LogP contribution in [-0.2, 0) is 0 Å². The average Bonchev–Trinajstić information content (AvgIpc) is 1.97. The molecule has 0 saturated carbocycles. The van der Waals surface area contributed by atoms with E-state index in [1.54, 1.807) is 0 Å². The van der Waals surface area contributed by atoms with Crippen molar-refractivity contribution in [1.82, 2.24) is 0 Å². The number of hydrogen-bond donors (Lipinski definition) is 1. The zero-order chi connectivity index (χ0) is 9.30. The van der Waals surface area contributed by atoms with Crippen LogP contribution in [0.5, 0.6) is 0 Å². The van der Waals surface area contributed by atoms with Crippen LogP contribution in [0.25, 0.3) is 0 Å². The fraction of sp³-hybridized carbons (Fsp3) is 0.125. The molecule has 0 aliphatic carbocycles. The summed E-state index contributed by atoms with van der Waals surface area (Å²) < 4.78 is 13.1. The molecular weight excluding hydrogens is 216 g/mol. The van der Waals surface area contributed by atoms with Crippen molar-refractivity contribution in [2.24, 2.45) is 0 Å². The summed E-state index contributed by atoms with van der Waals surface area (Å²) in [6.07, 6.45) is 0. The molecule has 0 bridgehead atoms. The molecule has 1 aromatic carbocycles. The van der Waals surface area contributed by atoms with E-state index in [1.165, 1.54) is 19.1 Å². The maximum absolute atomic E-state index is 13.1. The molecule has 1 aromatic rings. The molecule has 0 radical (unpaired) electrons.